The number of methoxy groups -OCH3 is 1. The van der Waals surface area contributed by atoms with Crippen molar-refractivity contribution in [3.63, 3.8) is 0 Å². The maximum Gasteiger partial charge on any atom is 0.270 e. The molecule has 2 aromatic carbocycles. The summed E-state index contributed by atoms with van der Waals surface area (Å²) in [5.41, 5.74) is 1.30. The number of benzene rings is 2. The number of hydrogen-bond donors (Lipinski definition) is 1. The molecule has 34 heavy (non-hydrogen) atoms. The number of hydrazone groups is 1. The molecule has 0 saturated heterocycles. The number of nitrogens with one attached hydrogen (secondary N) is 1. The van der Waals surface area contributed by atoms with Crippen molar-refractivity contribution >= 4 is 28.9 Å². The topological polar surface area (TPSA) is 88.8 Å². The summed E-state index contributed by atoms with van der Waals surface area (Å²) >= 11 is 0. The van der Waals surface area contributed by atoms with Gasteiger partial charge in [-0.05, 0) is 37.3 Å². The van der Waals surface area contributed by atoms with E-state index in [0.717, 1.165) is 11.9 Å². The minimum Gasteiger partial charge on any atom is -0.496 e. The Bertz CT molecular complexity index is 1300. The van der Waals surface area contributed by atoms with Crippen LogP contribution in [0.2, 0.25) is 0 Å². The third-order valence-electron chi connectivity index (χ3n) is 5.52. The fourth-order valence-electron chi connectivity index (χ4n) is 3.76. The van der Waals surface area contributed by atoms with Crippen LogP contribution in [0, 0.1) is 5.92 Å². The minimum atomic E-state index is -3.06. The van der Waals surface area contributed by atoms with Crippen LogP contribution in [-0.2, 0) is 22.6 Å². The summed E-state index contributed by atoms with van der Waals surface area (Å²) in [6.07, 6.45) is 3.43. The van der Waals surface area contributed by atoms with E-state index in [0.29, 0.717) is 22.8 Å². The molecule has 2 amide bonds. The van der Waals surface area contributed by atoms with E-state index < -0.39 is 23.7 Å². The van der Waals surface area contributed by atoms with Crippen LogP contribution in [0.3, 0.4) is 0 Å². The molecular weight excluding hydrogens is 444 g/mol. The molecule has 0 bridgehead atoms. The van der Waals surface area contributed by atoms with Gasteiger partial charge in [0.15, 0.2) is 5.92 Å². The molecule has 176 valence electrons. The highest BCUT2D eigenvalue weighted by atomic mass is 19.3. The van der Waals surface area contributed by atoms with Crippen molar-refractivity contribution in [2.24, 2.45) is 18.1 Å². The van der Waals surface area contributed by atoms with Gasteiger partial charge in [-0.25, -0.2) is 13.8 Å². The molecule has 0 saturated carbocycles. The summed E-state index contributed by atoms with van der Waals surface area (Å²) in [6, 6.07) is 10.4. The van der Waals surface area contributed by atoms with Crippen molar-refractivity contribution in [2.45, 2.75) is 19.8 Å². The number of rotatable bonds is 6. The van der Waals surface area contributed by atoms with E-state index in [2.05, 4.69) is 15.4 Å². The molecule has 1 unspecified atom stereocenters. The fraction of sp³-hybridized carbons (Fsp3) is 0.250. The number of aromatic nitrogens is 2. The number of ether oxygens (including phenoxy) is 1. The number of alkyl halides is 2. The van der Waals surface area contributed by atoms with Crippen molar-refractivity contribution in [1.29, 1.82) is 0 Å². The Morgan fingerprint density at radius 2 is 1.97 bits per heavy atom. The zero-order valence-corrected chi connectivity index (χ0v) is 19.0. The fourth-order valence-corrected chi connectivity index (χ4v) is 3.76. The van der Waals surface area contributed by atoms with E-state index in [9.17, 15) is 18.4 Å². The molecule has 3 aromatic rings. The predicted octanol–water partition coefficient (Wildman–Crippen LogP) is 4.18. The Hall–Kier alpha value is -4.08. The van der Waals surface area contributed by atoms with Crippen LogP contribution < -0.4 is 15.1 Å². The summed E-state index contributed by atoms with van der Waals surface area (Å²) in [5.74, 6) is -4.26. The predicted molar refractivity (Wildman–Crippen MR) is 124 cm³/mol. The summed E-state index contributed by atoms with van der Waals surface area (Å²) in [7, 11) is 3.37. The maximum absolute atomic E-state index is 13.6. The third-order valence-corrected chi connectivity index (χ3v) is 5.52. The molecule has 0 fully saturated rings. The standard InChI is InChI=1S/C24H23F2N5O3/c1-14-20(22(32)28-16-7-5-6-15(12-16)24(2,25)26)23(33)31(29-14)17-8-9-19(34-4)18(13-17)21-27-10-11-30(21)3/h5-13,20H,1-4H3,(H,28,32). The first-order valence-electron chi connectivity index (χ1n) is 10.4. The highest BCUT2D eigenvalue weighted by Crippen LogP contribution is 2.35. The first kappa shape index (κ1) is 23.1. The monoisotopic (exact) mass is 467 g/mol. The van der Waals surface area contributed by atoms with Crippen LogP contribution >= 0.6 is 0 Å². The number of carbonyl (C=O) groups excluding carboxylic acids is 2. The number of amides is 2. The average Bonchev–Trinajstić information content (AvgIpc) is 3.35. The van der Waals surface area contributed by atoms with E-state index in [1.165, 1.54) is 31.4 Å². The second-order valence-corrected chi connectivity index (χ2v) is 8.03. The number of halogens is 2. The van der Waals surface area contributed by atoms with Gasteiger partial charge in [0.1, 0.15) is 11.6 Å². The van der Waals surface area contributed by atoms with E-state index in [1.807, 2.05) is 11.6 Å². The highest BCUT2D eigenvalue weighted by Gasteiger charge is 2.40. The van der Waals surface area contributed by atoms with Crippen LogP contribution in [0.4, 0.5) is 20.2 Å². The molecule has 10 heteroatoms. The third kappa shape index (κ3) is 4.26. The Labute approximate surface area is 194 Å². The van der Waals surface area contributed by atoms with E-state index >= 15 is 0 Å². The van der Waals surface area contributed by atoms with Crippen LogP contribution in [0.5, 0.6) is 5.75 Å². The van der Waals surface area contributed by atoms with E-state index in [4.69, 9.17) is 4.74 Å². The molecule has 1 aromatic heterocycles. The molecule has 4 rings (SSSR count). The van der Waals surface area contributed by atoms with E-state index in [1.54, 1.807) is 37.5 Å². The number of aryl methyl sites for hydroxylation is 1. The van der Waals surface area contributed by atoms with Gasteiger partial charge >= 0.3 is 0 Å². The summed E-state index contributed by atoms with van der Waals surface area (Å²) in [6.45, 7) is 2.35. The normalized spacial score (nSPS) is 15.9. The molecule has 1 N–H and O–H groups in total. The first-order chi connectivity index (χ1) is 16.1. The van der Waals surface area contributed by atoms with Crippen molar-refractivity contribution in [3.8, 4) is 17.1 Å². The van der Waals surface area contributed by atoms with Crippen LogP contribution in [-0.4, -0.2) is 34.2 Å². The molecule has 2 heterocycles. The molecule has 0 radical (unpaired) electrons. The Kier molecular flexibility index (Phi) is 5.90. The summed E-state index contributed by atoms with van der Waals surface area (Å²) < 4.78 is 34.5. The van der Waals surface area contributed by atoms with Gasteiger partial charge in [0.05, 0.1) is 24.1 Å². The zero-order valence-electron chi connectivity index (χ0n) is 19.0. The highest BCUT2D eigenvalue weighted by molar-refractivity contribution is 6.28. The lowest BCUT2D eigenvalue weighted by Gasteiger charge is -2.17. The Balaban J connectivity index is 1.60. The van der Waals surface area contributed by atoms with Crippen molar-refractivity contribution < 1.29 is 23.1 Å². The van der Waals surface area contributed by atoms with E-state index in [-0.39, 0.29) is 17.0 Å². The average molecular weight is 467 g/mol. The van der Waals surface area contributed by atoms with Crippen LogP contribution in [0.15, 0.2) is 60.0 Å². The van der Waals surface area contributed by atoms with Gasteiger partial charge < -0.3 is 14.6 Å². The summed E-state index contributed by atoms with van der Waals surface area (Å²) in [4.78, 5) is 30.4. The smallest absolute Gasteiger partial charge is 0.270 e. The van der Waals surface area contributed by atoms with Crippen LogP contribution in [0.25, 0.3) is 11.4 Å². The van der Waals surface area contributed by atoms with Crippen molar-refractivity contribution in [1.82, 2.24) is 9.55 Å². The maximum atomic E-state index is 13.6. The zero-order chi connectivity index (χ0) is 24.6. The summed E-state index contributed by atoms with van der Waals surface area (Å²) in [5, 5.41) is 8.00. The number of nitrogens with zero attached hydrogens (tertiary/aromatic N) is 4. The van der Waals surface area contributed by atoms with Gasteiger partial charge in [0.25, 0.3) is 11.8 Å². The van der Waals surface area contributed by atoms with Gasteiger partial charge in [0.2, 0.25) is 5.91 Å². The second-order valence-electron chi connectivity index (χ2n) is 8.03. The van der Waals surface area contributed by atoms with Gasteiger partial charge in [0, 0.05) is 37.6 Å². The molecule has 0 spiro atoms. The number of hydrogen-bond acceptors (Lipinski definition) is 5. The lowest BCUT2D eigenvalue weighted by atomic mass is 10.0. The number of anilines is 2. The lowest BCUT2D eigenvalue weighted by Crippen LogP contribution is -2.36. The van der Waals surface area contributed by atoms with Gasteiger partial charge in [-0.15, -0.1) is 0 Å². The number of imidazole rings is 1. The molecule has 0 aliphatic carbocycles. The van der Waals surface area contributed by atoms with Gasteiger partial charge in [-0.1, -0.05) is 12.1 Å². The Morgan fingerprint density at radius 1 is 1.21 bits per heavy atom. The molecular formula is C24H23F2N5O3. The molecule has 8 nitrogen and oxygen atoms in total. The van der Waals surface area contributed by atoms with Crippen molar-refractivity contribution in [2.75, 3.05) is 17.4 Å². The Morgan fingerprint density at radius 3 is 2.62 bits per heavy atom. The quantitative estimate of drug-likeness (QED) is 0.551. The van der Waals surface area contributed by atoms with Gasteiger partial charge in [-0.3, -0.25) is 9.59 Å². The largest absolute Gasteiger partial charge is 0.496 e. The SMILES string of the molecule is COc1ccc(N2N=C(C)C(C(=O)Nc3cccc(C(C)(F)F)c3)C2=O)cc1-c1nccn1C. The van der Waals surface area contributed by atoms with Gasteiger partial charge in [-0.2, -0.15) is 10.1 Å². The molecule has 1 aliphatic heterocycles. The molecule has 1 atom stereocenters. The number of carbonyl (C=O) groups is 2. The van der Waals surface area contributed by atoms with Crippen molar-refractivity contribution in [3.05, 3.63) is 60.4 Å². The first-order valence-corrected chi connectivity index (χ1v) is 10.4. The van der Waals surface area contributed by atoms with Crippen LogP contribution in [0.1, 0.15) is 19.4 Å². The molecule has 1 aliphatic rings. The minimum absolute atomic E-state index is 0.171. The lowest BCUT2D eigenvalue weighted by molar-refractivity contribution is -0.127. The second kappa shape index (κ2) is 8.69.